The molecule has 2 rings (SSSR count). The smallest absolute Gasteiger partial charge is 0.341 e. The highest BCUT2D eigenvalue weighted by molar-refractivity contribution is 6.14. The van der Waals surface area contributed by atoms with Gasteiger partial charge in [0.2, 0.25) is 5.82 Å². The van der Waals surface area contributed by atoms with Gasteiger partial charge in [-0.05, 0) is 12.1 Å². The van der Waals surface area contributed by atoms with Crippen molar-refractivity contribution in [1.29, 1.82) is 0 Å². The second kappa shape index (κ2) is 7.48. The van der Waals surface area contributed by atoms with Crippen LogP contribution in [0, 0.1) is 40.7 Å². The second-order valence-electron chi connectivity index (χ2n) is 4.87. The average molecular weight is 393 g/mol. The molecule has 0 aliphatic rings. The Morgan fingerprint density at radius 2 is 1.37 bits per heavy atom. The summed E-state index contributed by atoms with van der Waals surface area (Å²) < 4.78 is 93.1. The molecule has 11 heteroatoms. The SMILES string of the molecule is O=C(O)C(C=Nc1ccc(F)cc1F)=C(O)c1c(F)c(F)c(F)c(F)c1F. The average Bonchev–Trinajstić information content (AvgIpc) is 2.60. The number of aliphatic carboxylic acids is 1. The lowest BCUT2D eigenvalue weighted by atomic mass is 10.1. The lowest BCUT2D eigenvalue weighted by Crippen LogP contribution is -2.11. The molecule has 2 aromatic rings. The molecular formula is C16H6F7NO3. The maximum absolute atomic E-state index is 13.7. The molecule has 0 atom stereocenters. The van der Waals surface area contributed by atoms with Gasteiger partial charge in [-0.2, -0.15) is 0 Å². The molecule has 2 aromatic carbocycles. The van der Waals surface area contributed by atoms with E-state index in [0.717, 1.165) is 12.1 Å². The summed E-state index contributed by atoms with van der Waals surface area (Å²) in [5.41, 5.74) is -3.95. The van der Waals surface area contributed by atoms with Crippen LogP contribution in [-0.4, -0.2) is 22.4 Å². The highest BCUT2D eigenvalue weighted by Crippen LogP contribution is 2.29. The molecule has 0 aromatic heterocycles. The summed E-state index contributed by atoms with van der Waals surface area (Å²) in [6.45, 7) is 0. The molecule has 0 bridgehead atoms. The van der Waals surface area contributed by atoms with Crippen LogP contribution in [0.2, 0.25) is 0 Å². The van der Waals surface area contributed by atoms with Crippen molar-refractivity contribution in [3.63, 3.8) is 0 Å². The number of aliphatic imine (C=N–C) groups is 1. The van der Waals surface area contributed by atoms with Gasteiger partial charge in [0, 0.05) is 12.3 Å². The third kappa shape index (κ3) is 3.76. The number of hydrogen-bond acceptors (Lipinski definition) is 3. The van der Waals surface area contributed by atoms with Crippen LogP contribution < -0.4 is 0 Å². The quantitative estimate of drug-likeness (QED) is 0.202. The largest absolute Gasteiger partial charge is 0.506 e. The van der Waals surface area contributed by atoms with Crippen LogP contribution >= 0.6 is 0 Å². The number of carboxylic acid groups (broad SMARTS) is 1. The Bertz CT molecular complexity index is 973. The predicted octanol–water partition coefficient (Wildman–Crippen LogP) is 4.42. The van der Waals surface area contributed by atoms with Crippen LogP contribution in [0.1, 0.15) is 5.56 Å². The van der Waals surface area contributed by atoms with E-state index in [-0.39, 0.29) is 6.21 Å². The minimum atomic E-state index is -2.51. The summed E-state index contributed by atoms with van der Waals surface area (Å²) in [6, 6.07) is 1.92. The fourth-order valence-corrected chi connectivity index (χ4v) is 1.89. The zero-order valence-corrected chi connectivity index (χ0v) is 12.7. The van der Waals surface area contributed by atoms with E-state index in [0.29, 0.717) is 6.07 Å². The number of benzene rings is 2. The molecule has 0 radical (unpaired) electrons. The third-order valence-corrected chi connectivity index (χ3v) is 3.17. The molecule has 0 saturated heterocycles. The fourth-order valence-electron chi connectivity index (χ4n) is 1.89. The van der Waals surface area contributed by atoms with Crippen LogP contribution in [0.3, 0.4) is 0 Å². The molecule has 0 amide bonds. The Morgan fingerprint density at radius 3 is 1.85 bits per heavy atom. The number of aliphatic hydroxyl groups excluding tert-OH is 1. The maximum atomic E-state index is 13.7. The van der Waals surface area contributed by atoms with Gasteiger partial charge in [0.05, 0.1) is 11.3 Å². The first kappa shape index (κ1) is 19.9. The zero-order valence-electron chi connectivity index (χ0n) is 12.7. The van der Waals surface area contributed by atoms with E-state index in [1.165, 1.54) is 0 Å². The van der Waals surface area contributed by atoms with Crippen LogP contribution in [0.25, 0.3) is 5.76 Å². The topological polar surface area (TPSA) is 69.9 Å². The van der Waals surface area contributed by atoms with Crippen LogP contribution in [-0.2, 0) is 4.79 Å². The van der Waals surface area contributed by atoms with Crippen molar-refractivity contribution in [3.05, 3.63) is 70.1 Å². The van der Waals surface area contributed by atoms with Gasteiger partial charge in [-0.1, -0.05) is 0 Å². The molecule has 142 valence electrons. The summed E-state index contributed by atoms with van der Waals surface area (Å²) >= 11 is 0. The normalized spacial score (nSPS) is 12.4. The minimum absolute atomic E-state index is 0.200. The molecule has 0 spiro atoms. The van der Waals surface area contributed by atoms with Gasteiger partial charge in [-0.15, -0.1) is 0 Å². The Morgan fingerprint density at radius 1 is 0.852 bits per heavy atom. The van der Waals surface area contributed by atoms with Crippen LogP contribution in [0.4, 0.5) is 36.4 Å². The van der Waals surface area contributed by atoms with Gasteiger partial charge in [-0.3, -0.25) is 4.99 Å². The number of carbonyl (C=O) groups is 1. The summed E-state index contributed by atoms with van der Waals surface area (Å²) in [5.74, 6) is -18.5. The Kier molecular flexibility index (Phi) is 5.52. The molecule has 4 nitrogen and oxygen atoms in total. The van der Waals surface area contributed by atoms with E-state index in [2.05, 4.69) is 4.99 Å². The summed E-state index contributed by atoms with van der Waals surface area (Å²) in [6.07, 6.45) is 0.200. The van der Waals surface area contributed by atoms with E-state index in [1.807, 2.05) is 0 Å². The van der Waals surface area contributed by atoms with Gasteiger partial charge < -0.3 is 10.2 Å². The lowest BCUT2D eigenvalue weighted by molar-refractivity contribution is -0.132. The van der Waals surface area contributed by atoms with Crippen molar-refractivity contribution >= 4 is 23.6 Å². The summed E-state index contributed by atoms with van der Waals surface area (Å²) in [4.78, 5) is 14.4. The van der Waals surface area contributed by atoms with Gasteiger partial charge in [-0.25, -0.2) is 35.5 Å². The molecule has 27 heavy (non-hydrogen) atoms. The minimum Gasteiger partial charge on any atom is -0.506 e. The Labute approximate surface area is 145 Å². The van der Waals surface area contributed by atoms with Crippen molar-refractivity contribution in [2.75, 3.05) is 0 Å². The number of nitrogens with zero attached hydrogens (tertiary/aromatic N) is 1. The first-order valence-corrected chi connectivity index (χ1v) is 6.73. The zero-order chi connectivity index (χ0) is 20.5. The molecule has 0 unspecified atom stereocenters. The molecule has 2 N–H and O–H groups in total. The van der Waals surface area contributed by atoms with Crippen molar-refractivity contribution in [2.24, 2.45) is 4.99 Å². The first-order valence-electron chi connectivity index (χ1n) is 6.73. The summed E-state index contributed by atoms with van der Waals surface area (Å²) in [7, 11) is 0. The summed E-state index contributed by atoms with van der Waals surface area (Å²) in [5, 5.41) is 18.8. The lowest BCUT2D eigenvalue weighted by Gasteiger charge is -2.09. The highest BCUT2D eigenvalue weighted by Gasteiger charge is 2.30. The third-order valence-electron chi connectivity index (χ3n) is 3.17. The monoisotopic (exact) mass is 393 g/mol. The van der Waals surface area contributed by atoms with E-state index in [1.54, 1.807) is 0 Å². The second-order valence-corrected chi connectivity index (χ2v) is 4.87. The van der Waals surface area contributed by atoms with Crippen molar-refractivity contribution in [1.82, 2.24) is 0 Å². The molecule has 0 saturated carbocycles. The van der Waals surface area contributed by atoms with E-state index in [4.69, 9.17) is 5.11 Å². The number of rotatable bonds is 4. The maximum Gasteiger partial charge on any atom is 0.341 e. The van der Waals surface area contributed by atoms with Crippen molar-refractivity contribution in [3.8, 4) is 0 Å². The number of hydrogen-bond donors (Lipinski definition) is 2. The fraction of sp³-hybridized carbons (Fsp3) is 0. The molecule has 0 heterocycles. The predicted molar refractivity (Wildman–Crippen MR) is 77.9 cm³/mol. The van der Waals surface area contributed by atoms with Crippen molar-refractivity contribution in [2.45, 2.75) is 0 Å². The van der Waals surface area contributed by atoms with Gasteiger partial charge in [0.25, 0.3) is 0 Å². The number of aliphatic hydroxyl groups is 1. The van der Waals surface area contributed by atoms with E-state index >= 15 is 0 Å². The number of halogens is 7. The van der Waals surface area contributed by atoms with Crippen molar-refractivity contribution < 1.29 is 45.7 Å². The molecule has 0 fully saturated rings. The molecule has 0 aliphatic carbocycles. The first-order chi connectivity index (χ1) is 12.6. The van der Waals surface area contributed by atoms with E-state index in [9.17, 15) is 40.6 Å². The van der Waals surface area contributed by atoms with Gasteiger partial charge in [0.15, 0.2) is 29.1 Å². The highest BCUT2D eigenvalue weighted by atomic mass is 19.2. The van der Waals surface area contributed by atoms with E-state index < -0.39 is 69.3 Å². The Hall–Kier alpha value is -3.37. The number of carboxylic acids is 1. The molecular weight excluding hydrogens is 387 g/mol. The molecule has 0 aliphatic heterocycles. The standard InChI is InChI=1S/C16H6F7NO3/c17-5-1-2-8(7(18)3-5)24-4-6(16(26)27)15(25)9-10(19)12(21)14(23)13(22)11(9)20/h1-4,25H,(H,26,27). The Balaban J connectivity index is 2.67. The van der Waals surface area contributed by atoms with Crippen LogP contribution in [0.15, 0.2) is 28.8 Å². The van der Waals surface area contributed by atoms with Crippen LogP contribution in [0.5, 0.6) is 0 Å². The van der Waals surface area contributed by atoms with Gasteiger partial charge >= 0.3 is 5.97 Å². The van der Waals surface area contributed by atoms with Gasteiger partial charge in [0.1, 0.15) is 17.1 Å².